The number of nitrogens with zero attached hydrogens (tertiary/aromatic N) is 2. The maximum Gasteiger partial charge on any atom is 0.303 e. The van der Waals surface area contributed by atoms with Gasteiger partial charge in [0.2, 0.25) is 0 Å². The summed E-state index contributed by atoms with van der Waals surface area (Å²) in [5.41, 5.74) is 4.18. The highest BCUT2D eigenvalue weighted by Crippen LogP contribution is 2.31. The third-order valence-corrected chi connectivity index (χ3v) is 5.65. The molecule has 0 bridgehead atoms. The van der Waals surface area contributed by atoms with Crippen LogP contribution in [0.5, 0.6) is 0 Å². The van der Waals surface area contributed by atoms with Gasteiger partial charge in [-0.1, -0.05) is 24.3 Å². The van der Waals surface area contributed by atoms with Crippen LogP contribution in [0.4, 0.5) is 5.69 Å². The molecule has 0 unspecified atom stereocenters. The zero-order valence-electron chi connectivity index (χ0n) is 15.7. The molecule has 1 N–H and O–H groups in total. The summed E-state index contributed by atoms with van der Waals surface area (Å²) >= 11 is 1.61. The predicted octanol–water partition coefficient (Wildman–Crippen LogP) is 5.55. The van der Waals surface area contributed by atoms with E-state index in [1.54, 1.807) is 11.3 Å². The molecular weight excluding hydrogens is 356 g/mol. The maximum absolute atomic E-state index is 11.1. The molecule has 140 valence electrons. The molecule has 0 aliphatic rings. The zero-order chi connectivity index (χ0) is 19.2. The molecular formula is C22H24N2O2S. The summed E-state index contributed by atoms with van der Waals surface area (Å²) in [4.78, 5) is 18.1. The van der Waals surface area contributed by atoms with Crippen molar-refractivity contribution in [3.8, 4) is 0 Å². The van der Waals surface area contributed by atoms with Gasteiger partial charge in [-0.15, -0.1) is 11.3 Å². The molecule has 0 fully saturated rings. The highest BCUT2D eigenvalue weighted by molar-refractivity contribution is 7.19. The van der Waals surface area contributed by atoms with Crippen LogP contribution in [0.2, 0.25) is 0 Å². The SMILES string of the molecule is CCN(CC)c1ccc(C=C(CCC(=O)O)c2nc3ccccc3s2)cc1. The Morgan fingerprint density at radius 3 is 2.41 bits per heavy atom. The summed E-state index contributed by atoms with van der Waals surface area (Å²) in [5.74, 6) is -0.793. The number of para-hydroxylation sites is 1. The van der Waals surface area contributed by atoms with Crippen molar-refractivity contribution in [2.75, 3.05) is 18.0 Å². The van der Waals surface area contributed by atoms with E-state index in [-0.39, 0.29) is 6.42 Å². The molecule has 0 radical (unpaired) electrons. The first kappa shape index (κ1) is 19.1. The highest BCUT2D eigenvalue weighted by atomic mass is 32.1. The van der Waals surface area contributed by atoms with Crippen LogP contribution in [-0.2, 0) is 4.79 Å². The number of hydrogen-bond acceptors (Lipinski definition) is 4. The normalized spacial score (nSPS) is 11.7. The molecule has 3 aromatic rings. The lowest BCUT2D eigenvalue weighted by molar-refractivity contribution is -0.136. The number of rotatable bonds is 8. The van der Waals surface area contributed by atoms with Gasteiger partial charge in [0.05, 0.1) is 10.2 Å². The van der Waals surface area contributed by atoms with Crippen LogP contribution in [0, 0.1) is 0 Å². The molecule has 0 aliphatic carbocycles. The molecule has 0 spiro atoms. The lowest BCUT2D eigenvalue weighted by Gasteiger charge is -2.20. The minimum absolute atomic E-state index is 0.0965. The molecule has 2 aromatic carbocycles. The van der Waals surface area contributed by atoms with Gasteiger partial charge < -0.3 is 10.0 Å². The van der Waals surface area contributed by atoms with Gasteiger partial charge in [-0.25, -0.2) is 4.98 Å². The molecule has 0 aliphatic heterocycles. The van der Waals surface area contributed by atoms with Gasteiger partial charge in [0, 0.05) is 25.2 Å². The molecule has 0 atom stereocenters. The van der Waals surface area contributed by atoms with E-state index in [0.717, 1.165) is 39.5 Å². The third kappa shape index (κ3) is 4.74. The molecule has 3 rings (SSSR count). The van der Waals surface area contributed by atoms with E-state index in [0.29, 0.717) is 6.42 Å². The number of hydrogen-bond donors (Lipinski definition) is 1. The molecule has 27 heavy (non-hydrogen) atoms. The summed E-state index contributed by atoms with van der Waals surface area (Å²) in [7, 11) is 0. The van der Waals surface area contributed by atoms with Gasteiger partial charge in [-0.3, -0.25) is 4.79 Å². The lowest BCUT2D eigenvalue weighted by Crippen LogP contribution is -2.21. The molecule has 1 aromatic heterocycles. The topological polar surface area (TPSA) is 53.4 Å². The Kier molecular flexibility index (Phi) is 6.24. The van der Waals surface area contributed by atoms with Crippen LogP contribution in [0.15, 0.2) is 48.5 Å². The zero-order valence-corrected chi connectivity index (χ0v) is 16.5. The van der Waals surface area contributed by atoms with Crippen molar-refractivity contribution in [2.24, 2.45) is 0 Å². The Bertz CT molecular complexity index is 907. The first-order valence-corrected chi connectivity index (χ1v) is 10.1. The van der Waals surface area contributed by atoms with Crippen molar-refractivity contribution in [2.45, 2.75) is 26.7 Å². The summed E-state index contributed by atoms with van der Waals surface area (Å²) in [6, 6.07) is 16.4. The van der Waals surface area contributed by atoms with Gasteiger partial charge in [-0.2, -0.15) is 0 Å². The van der Waals surface area contributed by atoms with E-state index < -0.39 is 5.97 Å². The van der Waals surface area contributed by atoms with E-state index in [9.17, 15) is 4.79 Å². The van der Waals surface area contributed by atoms with Gasteiger partial charge in [0.1, 0.15) is 5.01 Å². The van der Waals surface area contributed by atoms with E-state index >= 15 is 0 Å². The molecule has 1 heterocycles. The lowest BCUT2D eigenvalue weighted by atomic mass is 10.1. The van der Waals surface area contributed by atoms with Crippen LogP contribution in [0.25, 0.3) is 21.9 Å². The number of allylic oxidation sites excluding steroid dienone is 1. The Morgan fingerprint density at radius 1 is 1.07 bits per heavy atom. The highest BCUT2D eigenvalue weighted by Gasteiger charge is 2.11. The number of fused-ring (bicyclic) bond motifs is 1. The Balaban J connectivity index is 1.93. The fourth-order valence-corrected chi connectivity index (χ4v) is 4.07. The fourth-order valence-electron chi connectivity index (χ4n) is 3.06. The first-order chi connectivity index (χ1) is 13.1. The number of carboxylic acids is 1. The average molecular weight is 381 g/mol. The fraction of sp³-hybridized carbons (Fsp3) is 0.273. The number of carboxylic acid groups (broad SMARTS) is 1. The molecule has 0 saturated carbocycles. The number of benzene rings is 2. The van der Waals surface area contributed by atoms with E-state index in [1.807, 2.05) is 24.3 Å². The van der Waals surface area contributed by atoms with Gasteiger partial charge in [0.15, 0.2) is 0 Å². The van der Waals surface area contributed by atoms with Crippen LogP contribution in [-0.4, -0.2) is 29.1 Å². The second-order valence-electron chi connectivity index (χ2n) is 6.31. The van der Waals surface area contributed by atoms with Gasteiger partial charge >= 0.3 is 5.97 Å². The molecule has 0 amide bonds. The van der Waals surface area contributed by atoms with Crippen LogP contribution in [0.1, 0.15) is 37.3 Å². The summed E-state index contributed by atoms with van der Waals surface area (Å²) < 4.78 is 1.12. The number of thiazole rings is 1. The second-order valence-corrected chi connectivity index (χ2v) is 7.34. The van der Waals surface area contributed by atoms with Crippen molar-refractivity contribution in [3.05, 3.63) is 59.1 Å². The Hall–Kier alpha value is -2.66. The minimum Gasteiger partial charge on any atom is -0.481 e. The molecule has 4 nitrogen and oxygen atoms in total. The Morgan fingerprint density at radius 2 is 1.78 bits per heavy atom. The van der Waals surface area contributed by atoms with Crippen molar-refractivity contribution in [3.63, 3.8) is 0 Å². The summed E-state index contributed by atoms with van der Waals surface area (Å²) in [6.07, 6.45) is 2.62. The first-order valence-electron chi connectivity index (χ1n) is 9.24. The smallest absolute Gasteiger partial charge is 0.303 e. The van der Waals surface area contributed by atoms with E-state index in [1.165, 1.54) is 5.69 Å². The maximum atomic E-state index is 11.1. The second kappa shape index (κ2) is 8.82. The number of anilines is 1. The van der Waals surface area contributed by atoms with Crippen molar-refractivity contribution in [1.29, 1.82) is 0 Å². The number of aliphatic carboxylic acids is 1. The van der Waals surface area contributed by atoms with Gasteiger partial charge in [-0.05, 0) is 61.7 Å². The van der Waals surface area contributed by atoms with Crippen molar-refractivity contribution >= 4 is 44.9 Å². The van der Waals surface area contributed by atoms with Crippen LogP contribution in [0.3, 0.4) is 0 Å². The van der Waals surface area contributed by atoms with Crippen LogP contribution < -0.4 is 4.90 Å². The van der Waals surface area contributed by atoms with Crippen LogP contribution >= 0.6 is 11.3 Å². The van der Waals surface area contributed by atoms with Crippen molar-refractivity contribution in [1.82, 2.24) is 4.98 Å². The largest absolute Gasteiger partial charge is 0.481 e. The number of aromatic nitrogens is 1. The standard InChI is InChI=1S/C22H24N2O2S/c1-3-24(4-2)18-12-9-16(10-13-18)15-17(11-14-21(25)26)22-23-19-7-5-6-8-20(19)27-22/h5-10,12-13,15H,3-4,11,14H2,1-2H3,(H,25,26). The monoisotopic (exact) mass is 380 g/mol. The minimum atomic E-state index is -0.793. The molecule has 0 saturated heterocycles. The number of carbonyl (C=O) groups is 1. The van der Waals surface area contributed by atoms with Crippen molar-refractivity contribution < 1.29 is 9.90 Å². The van der Waals surface area contributed by atoms with E-state index in [4.69, 9.17) is 10.1 Å². The van der Waals surface area contributed by atoms with E-state index in [2.05, 4.69) is 49.1 Å². The summed E-state index contributed by atoms with van der Waals surface area (Å²) in [6.45, 7) is 6.24. The Labute approximate surface area is 163 Å². The van der Waals surface area contributed by atoms with Gasteiger partial charge in [0.25, 0.3) is 0 Å². The predicted molar refractivity (Wildman–Crippen MR) is 114 cm³/mol. The summed E-state index contributed by atoms with van der Waals surface area (Å²) in [5, 5.41) is 10.0. The molecule has 5 heteroatoms. The average Bonchev–Trinajstić information content (AvgIpc) is 3.11. The quantitative estimate of drug-likeness (QED) is 0.557. The third-order valence-electron chi connectivity index (χ3n) is 4.54.